The van der Waals surface area contributed by atoms with Crippen LogP contribution in [-0.2, 0) is 9.09 Å². The van der Waals surface area contributed by atoms with Gasteiger partial charge in [0, 0.05) is 0 Å². The van der Waals surface area contributed by atoms with Gasteiger partial charge in [-0.1, -0.05) is 90.7 Å². The van der Waals surface area contributed by atoms with Gasteiger partial charge in [-0.3, -0.25) is 4.52 Å². The number of rotatable bonds is 15. The lowest BCUT2D eigenvalue weighted by Crippen LogP contribution is -2.07. The van der Waals surface area contributed by atoms with Crippen LogP contribution in [0.1, 0.15) is 91.9 Å². The highest BCUT2D eigenvalue weighted by atomic mass is 31.2. The Hall–Kier alpha value is -0.150. The van der Waals surface area contributed by atoms with Crippen LogP contribution in [0.25, 0.3) is 0 Å². The van der Waals surface area contributed by atoms with E-state index in [9.17, 15) is 4.57 Å². The molecule has 2 N–H and O–H groups in total. The van der Waals surface area contributed by atoms with Gasteiger partial charge in [-0.05, 0) is 24.7 Å². The van der Waals surface area contributed by atoms with Gasteiger partial charge in [0.05, 0.1) is 6.61 Å². The van der Waals surface area contributed by atoms with Crippen molar-refractivity contribution in [2.24, 2.45) is 11.8 Å². The minimum atomic E-state index is -4.38. The van der Waals surface area contributed by atoms with E-state index in [1.807, 2.05) is 6.08 Å². The molecule has 0 aliphatic carbocycles. The molecule has 4 nitrogen and oxygen atoms in total. The van der Waals surface area contributed by atoms with E-state index < -0.39 is 7.82 Å². The molecule has 0 aromatic rings. The van der Waals surface area contributed by atoms with Crippen molar-refractivity contribution in [3.8, 4) is 0 Å². The summed E-state index contributed by atoms with van der Waals surface area (Å²) in [6.07, 6.45) is 13.7. The molecular weight excluding hydrogens is 323 g/mol. The zero-order valence-corrected chi connectivity index (χ0v) is 17.1. The maximum absolute atomic E-state index is 10.9. The largest absolute Gasteiger partial charge is 0.469 e. The third-order valence-electron chi connectivity index (χ3n) is 4.80. The molecule has 5 heteroatoms. The average Bonchev–Trinajstić information content (AvgIpc) is 2.53. The van der Waals surface area contributed by atoms with Crippen molar-refractivity contribution in [3.63, 3.8) is 0 Å². The Morgan fingerprint density at radius 3 is 1.75 bits per heavy atom. The number of allylic oxidation sites excluding steroid dienone is 1. The molecule has 144 valence electrons. The van der Waals surface area contributed by atoms with E-state index in [4.69, 9.17) is 9.79 Å². The highest BCUT2D eigenvalue weighted by Gasteiger charge is 2.16. The lowest BCUT2D eigenvalue weighted by atomic mass is 9.85. The van der Waals surface area contributed by atoms with E-state index in [0.717, 1.165) is 25.7 Å². The van der Waals surface area contributed by atoms with E-state index in [1.54, 1.807) is 0 Å². The maximum Gasteiger partial charge on any atom is 0.469 e. The Kier molecular flexibility index (Phi) is 14.0. The van der Waals surface area contributed by atoms with Gasteiger partial charge < -0.3 is 9.79 Å². The van der Waals surface area contributed by atoms with Crippen molar-refractivity contribution >= 4 is 7.82 Å². The Morgan fingerprint density at radius 1 is 0.958 bits per heavy atom. The molecule has 0 aliphatic heterocycles. The summed E-state index contributed by atoms with van der Waals surface area (Å²) in [5, 5.41) is 0. The van der Waals surface area contributed by atoms with Crippen LogP contribution in [0, 0.1) is 11.8 Å². The summed E-state index contributed by atoms with van der Waals surface area (Å²) in [5.41, 5.74) is 1.31. The molecule has 2 unspecified atom stereocenters. The van der Waals surface area contributed by atoms with Gasteiger partial charge in [0.15, 0.2) is 0 Å². The van der Waals surface area contributed by atoms with Crippen LogP contribution in [0.2, 0.25) is 0 Å². The molecular formula is C19H39O4P. The predicted octanol–water partition coefficient (Wildman–Crippen LogP) is 6.24. The predicted molar refractivity (Wildman–Crippen MR) is 102 cm³/mol. The summed E-state index contributed by atoms with van der Waals surface area (Å²) in [6.45, 7) is 8.91. The molecule has 0 heterocycles. The lowest BCUT2D eigenvalue weighted by molar-refractivity contribution is 0.215. The summed E-state index contributed by atoms with van der Waals surface area (Å²) in [5.74, 6) is 1.32. The van der Waals surface area contributed by atoms with E-state index in [-0.39, 0.29) is 6.61 Å². The average molecular weight is 362 g/mol. The van der Waals surface area contributed by atoms with Crippen molar-refractivity contribution < 1.29 is 18.9 Å². The van der Waals surface area contributed by atoms with E-state index in [2.05, 4.69) is 32.2 Å². The molecule has 24 heavy (non-hydrogen) atoms. The van der Waals surface area contributed by atoms with Crippen LogP contribution in [0.15, 0.2) is 11.6 Å². The SMILES string of the molecule is CCCCC(CC)CC(=CCOP(=O)(O)O)CC(CC)CCCC. The van der Waals surface area contributed by atoms with Crippen molar-refractivity contribution in [3.05, 3.63) is 11.6 Å². The van der Waals surface area contributed by atoms with Gasteiger partial charge in [0.2, 0.25) is 0 Å². The Bertz CT molecular complexity index is 356. The second-order valence-corrected chi connectivity index (χ2v) is 8.13. The molecule has 0 rings (SSSR count). The van der Waals surface area contributed by atoms with E-state index in [1.165, 1.54) is 44.1 Å². The zero-order chi connectivity index (χ0) is 18.4. The highest BCUT2D eigenvalue weighted by Crippen LogP contribution is 2.36. The van der Waals surface area contributed by atoms with Crippen LogP contribution in [-0.4, -0.2) is 16.4 Å². The van der Waals surface area contributed by atoms with Crippen LogP contribution in [0.4, 0.5) is 0 Å². The number of phosphoric ester groups is 1. The van der Waals surface area contributed by atoms with Crippen LogP contribution in [0.3, 0.4) is 0 Å². The molecule has 0 saturated carbocycles. The van der Waals surface area contributed by atoms with Gasteiger partial charge in [0.25, 0.3) is 0 Å². The number of hydrogen-bond acceptors (Lipinski definition) is 2. The fraction of sp³-hybridized carbons (Fsp3) is 0.895. The summed E-state index contributed by atoms with van der Waals surface area (Å²) in [7, 11) is -4.38. The molecule has 0 fully saturated rings. The third kappa shape index (κ3) is 13.2. The zero-order valence-electron chi connectivity index (χ0n) is 16.2. The van der Waals surface area contributed by atoms with Crippen molar-refractivity contribution in [1.82, 2.24) is 0 Å². The van der Waals surface area contributed by atoms with Crippen LogP contribution < -0.4 is 0 Å². The van der Waals surface area contributed by atoms with Crippen LogP contribution in [0.5, 0.6) is 0 Å². The van der Waals surface area contributed by atoms with Crippen LogP contribution >= 0.6 is 7.82 Å². The fourth-order valence-corrected chi connectivity index (χ4v) is 3.40. The summed E-state index contributed by atoms with van der Waals surface area (Å²) >= 11 is 0. The summed E-state index contributed by atoms with van der Waals surface area (Å²) in [6, 6.07) is 0. The maximum atomic E-state index is 10.9. The minimum Gasteiger partial charge on any atom is -0.303 e. The quantitative estimate of drug-likeness (QED) is 0.267. The second kappa shape index (κ2) is 14.1. The van der Waals surface area contributed by atoms with Gasteiger partial charge in [-0.15, -0.1) is 0 Å². The number of phosphoric acid groups is 1. The standard InChI is InChI=1S/C19H39O4P/c1-5-9-11-17(7-3)15-19(13-14-23-24(20,21)22)16-18(8-4)12-10-6-2/h13,17-18H,5-12,14-16H2,1-4H3,(H2,20,21,22). The molecule has 2 atom stereocenters. The first-order chi connectivity index (χ1) is 11.4. The fourth-order valence-electron chi connectivity index (χ4n) is 3.13. The molecule has 0 bridgehead atoms. The smallest absolute Gasteiger partial charge is 0.303 e. The molecule has 0 radical (unpaired) electrons. The van der Waals surface area contributed by atoms with Gasteiger partial charge >= 0.3 is 7.82 Å². The van der Waals surface area contributed by atoms with Gasteiger partial charge in [-0.2, -0.15) is 0 Å². The van der Waals surface area contributed by atoms with Crippen molar-refractivity contribution in [2.75, 3.05) is 6.61 Å². The summed E-state index contributed by atoms with van der Waals surface area (Å²) in [4.78, 5) is 17.8. The first kappa shape index (κ1) is 23.9. The monoisotopic (exact) mass is 362 g/mol. The Labute approximate surface area is 149 Å². The Morgan fingerprint density at radius 2 is 1.42 bits per heavy atom. The first-order valence-electron chi connectivity index (χ1n) is 9.74. The Balaban J connectivity index is 4.84. The summed E-state index contributed by atoms with van der Waals surface area (Å²) < 4.78 is 15.5. The normalized spacial score (nSPS) is 14.4. The van der Waals surface area contributed by atoms with Gasteiger partial charge in [0.1, 0.15) is 0 Å². The molecule has 0 saturated heterocycles. The highest BCUT2D eigenvalue weighted by molar-refractivity contribution is 7.46. The van der Waals surface area contributed by atoms with E-state index >= 15 is 0 Å². The number of hydrogen-bond donors (Lipinski definition) is 2. The molecule has 0 aromatic heterocycles. The molecule has 0 aliphatic rings. The molecule has 0 spiro atoms. The molecule has 0 aromatic carbocycles. The second-order valence-electron chi connectivity index (χ2n) is 6.89. The lowest BCUT2D eigenvalue weighted by Gasteiger charge is -2.21. The van der Waals surface area contributed by atoms with Gasteiger partial charge in [-0.25, -0.2) is 4.57 Å². The van der Waals surface area contributed by atoms with Crippen molar-refractivity contribution in [2.45, 2.75) is 91.9 Å². The van der Waals surface area contributed by atoms with Crippen molar-refractivity contribution in [1.29, 1.82) is 0 Å². The van der Waals surface area contributed by atoms with E-state index in [0.29, 0.717) is 11.8 Å². The third-order valence-corrected chi connectivity index (χ3v) is 5.29. The minimum absolute atomic E-state index is 0.00797. The molecule has 0 amide bonds. The first-order valence-corrected chi connectivity index (χ1v) is 11.3. The number of unbranched alkanes of at least 4 members (excludes halogenated alkanes) is 2. The topological polar surface area (TPSA) is 66.8 Å².